The van der Waals surface area contributed by atoms with Crippen LogP contribution in [0, 0.1) is 0 Å². The van der Waals surface area contributed by atoms with Gasteiger partial charge in [-0.3, -0.25) is 0 Å². The van der Waals surface area contributed by atoms with E-state index in [0.29, 0.717) is 5.02 Å². The Kier molecular flexibility index (Phi) is 6.18. The van der Waals surface area contributed by atoms with E-state index < -0.39 is 0 Å². The lowest BCUT2D eigenvalue weighted by Gasteiger charge is -2.09. The van der Waals surface area contributed by atoms with E-state index in [0.717, 1.165) is 18.0 Å². The van der Waals surface area contributed by atoms with Gasteiger partial charge in [0.1, 0.15) is 0 Å². The third-order valence-electron chi connectivity index (χ3n) is 2.57. The molecule has 0 fully saturated rings. The van der Waals surface area contributed by atoms with Crippen molar-refractivity contribution in [1.29, 1.82) is 0 Å². The van der Waals surface area contributed by atoms with Crippen LogP contribution in [0.15, 0.2) is 18.2 Å². The zero-order chi connectivity index (χ0) is 12.0. The van der Waals surface area contributed by atoms with Crippen LogP contribution >= 0.6 is 23.2 Å². The number of rotatable bonds is 6. The maximum atomic E-state index is 6.10. The predicted molar refractivity (Wildman–Crippen MR) is 72.6 cm³/mol. The maximum Gasteiger partial charge on any atom is 0.0452 e. The normalized spacial score (nSPS) is 11.1. The summed E-state index contributed by atoms with van der Waals surface area (Å²) in [6, 6.07) is 5.75. The molecule has 0 aliphatic carbocycles. The molecular weight excluding hydrogens is 241 g/mol. The van der Waals surface area contributed by atoms with Crippen LogP contribution < -0.4 is 0 Å². The van der Waals surface area contributed by atoms with Gasteiger partial charge in [-0.05, 0) is 57.6 Å². The van der Waals surface area contributed by atoms with E-state index in [1.54, 1.807) is 0 Å². The fourth-order valence-electron chi connectivity index (χ4n) is 1.64. The number of hydrogen-bond donors (Lipinski definition) is 0. The summed E-state index contributed by atoms with van der Waals surface area (Å²) >= 11 is 11.9. The van der Waals surface area contributed by atoms with Gasteiger partial charge in [0.2, 0.25) is 0 Å². The van der Waals surface area contributed by atoms with Crippen molar-refractivity contribution < 1.29 is 0 Å². The average molecular weight is 260 g/mol. The van der Waals surface area contributed by atoms with Crippen LogP contribution in [-0.4, -0.2) is 25.5 Å². The van der Waals surface area contributed by atoms with Gasteiger partial charge >= 0.3 is 0 Å². The van der Waals surface area contributed by atoms with Crippen molar-refractivity contribution >= 4 is 23.2 Å². The monoisotopic (exact) mass is 259 g/mol. The molecule has 0 spiro atoms. The first-order chi connectivity index (χ1) is 7.59. The highest BCUT2D eigenvalue weighted by Gasteiger charge is 2.01. The second-order valence-corrected chi connectivity index (χ2v) is 5.19. The Morgan fingerprint density at radius 3 is 2.44 bits per heavy atom. The molecule has 0 N–H and O–H groups in total. The second-order valence-electron chi connectivity index (χ2n) is 4.35. The van der Waals surface area contributed by atoms with Crippen molar-refractivity contribution in [2.24, 2.45) is 0 Å². The Balaban J connectivity index is 2.27. The van der Waals surface area contributed by atoms with Crippen LogP contribution in [0.25, 0.3) is 0 Å². The van der Waals surface area contributed by atoms with E-state index in [1.165, 1.54) is 24.8 Å². The fourth-order valence-corrected chi connectivity index (χ4v) is 2.15. The lowest BCUT2D eigenvalue weighted by Crippen LogP contribution is -2.12. The molecular formula is C13H19Cl2N. The molecule has 1 aromatic rings. The first-order valence-corrected chi connectivity index (χ1v) is 6.44. The average Bonchev–Trinajstić information content (AvgIpc) is 2.20. The van der Waals surface area contributed by atoms with E-state index in [1.807, 2.05) is 18.2 Å². The highest BCUT2D eigenvalue weighted by Crippen LogP contribution is 2.22. The zero-order valence-corrected chi connectivity index (χ0v) is 11.5. The molecule has 1 nitrogen and oxygen atoms in total. The van der Waals surface area contributed by atoms with Crippen molar-refractivity contribution in [1.82, 2.24) is 4.90 Å². The van der Waals surface area contributed by atoms with Crippen LogP contribution in [0.2, 0.25) is 10.0 Å². The molecule has 0 aromatic heterocycles. The first-order valence-electron chi connectivity index (χ1n) is 5.68. The Morgan fingerprint density at radius 2 is 1.81 bits per heavy atom. The molecule has 0 radical (unpaired) electrons. The maximum absolute atomic E-state index is 6.10. The summed E-state index contributed by atoms with van der Waals surface area (Å²) in [5.41, 5.74) is 1.20. The summed E-state index contributed by atoms with van der Waals surface area (Å²) in [6.45, 7) is 1.16. The molecule has 0 unspecified atom stereocenters. The summed E-state index contributed by atoms with van der Waals surface area (Å²) in [5.74, 6) is 0. The number of hydrogen-bond acceptors (Lipinski definition) is 1. The van der Waals surface area contributed by atoms with Crippen LogP contribution in [-0.2, 0) is 6.42 Å². The molecule has 1 aromatic carbocycles. The molecule has 90 valence electrons. The van der Waals surface area contributed by atoms with Gasteiger partial charge in [-0.2, -0.15) is 0 Å². The van der Waals surface area contributed by atoms with Gasteiger partial charge in [-0.1, -0.05) is 35.7 Å². The summed E-state index contributed by atoms with van der Waals surface area (Å²) in [6.07, 6.45) is 4.73. The topological polar surface area (TPSA) is 3.24 Å². The molecule has 0 bridgehead atoms. The minimum absolute atomic E-state index is 0.710. The lowest BCUT2D eigenvalue weighted by atomic mass is 10.1. The van der Waals surface area contributed by atoms with Gasteiger partial charge in [0.15, 0.2) is 0 Å². The number of unbranched alkanes of at least 4 members (excludes halogenated alkanes) is 2. The van der Waals surface area contributed by atoms with E-state index in [-0.39, 0.29) is 0 Å². The number of nitrogens with zero attached hydrogens (tertiary/aromatic N) is 1. The van der Waals surface area contributed by atoms with E-state index in [4.69, 9.17) is 23.2 Å². The van der Waals surface area contributed by atoms with E-state index in [9.17, 15) is 0 Å². The Bertz CT molecular complexity index is 324. The smallest absolute Gasteiger partial charge is 0.0452 e. The number of halogens is 2. The van der Waals surface area contributed by atoms with Crippen molar-refractivity contribution in [2.75, 3.05) is 20.6 Å². The zero-order valence-electron chi connectivity index (χ0n) is 9.97. The minimum Gasteiger partial charge on any atom is -0.309 e. The lowest BCUT2D eigenvalue weighted by molar-refractivity contribution is 0.391. The fraction of sp³-hybridized carbons (Fsp3) is 0.538. The molecule has 16 heavy (non-hydrogen) atoms. The largest absolute Gasteiger partial charge is 0.309 e. The van der Waals surface area contributed by atoms with Gasteiger partial charge in [-0.15, -0.1) is 0 Å². The van der Waals surface area contributed by atoms with E-state index >= 15 is 0 Å². The molecule has 0 heterocycles. The second kappa shape index (κ2) is 7.16. The van der Waals surface area contributed by atoms with Crippen LogP contribution in [0.3, 0.4) is 0 Å². The predicted octanol–water partition coefficient (Wildman–Crippen LogP) is 4.27. The Labute approximate surface area is 108 Å². The minimum atomic E-state index is 0.710. The molecule has 0 saturated heterocycles. The van der Waals surface area contributed by atoms with Gasteiger partial charge in [0, 0.05) is 10.0 Å². The van der Waals surface area contributed by atoms with Crippen molar-refractivity contribution in [3.8, 4) is 0 Å². The number of benzene rings is 1. The van der Waals surface area contributed by atoms with E-state index in [2.05, 4.69) is 19.0 Å². The van der Waals surface area contributed by atoms with Gasteiger partial charge in [0.05, 0.1) is 0 Å². The Morgan fingerprint density at radius 1 is 1.06 bits per heavy atom. The first kappa shape index (κ1) is 13.8. The third-order valence-corrected chi connectivity index (χ3v) is 3.15. The summed E-state index contributed by atoms with van der Waals surface area (Å²) in [7, 11) is 4.21. The number of aryl methyl sites for hydroxylation is 1. The van der Waals surface area contributed by atoms with Crippen LogP contribution in [0.1, 0.15) is 24.8 Å². The Hall–Kier alpha value is -0.240. The summed E-state index contributed by atoms with van der Waals surface area (Å²) in [4.78, 5) is 2.22. The molecule has 0 atom stereocenters. The summed E-state index contributed by atoms with van der Waals surface area (Å²) < 4.78 is 0. The van der Waals surface area contributed by atoms with Gasteiger partial charge in [-0.25, -0.2) is 0 Å². The van der Waals surface area contributed by atoms with Crippen molar-refractivity contribution in [2.45, 2.75) is 25.7 Å². The van der Waals surface area contributed by atoms with Crippen molar-refractivity contribution in [3.63, 3.8) is 0 Å². The third kappa shape index (κ3) is 5.20. The SMILES string of the molecule is CN(C)CCCCCc1ccc(Cl)cc1Cl. The molecule has 1 rings (SSSR count). The highest BCUT2D eigenvalue weighted by atomic mass is 35.5. The van der Waals surface area contributed by atoms with Crippen LogP contribution in [0.5, 0.6) is 0 Å². The quantitative estimate of drug-likeness (QED) is 0.690. The van der Waals surface area contributed by atoms with Crippen molar-refractivity contribution in [3.05, 3.63) is 33.8 Å². The molecule has 3 heteroatoms. The van der Waals surface area contributed by atoms with Gasteiger partial charge < -0.3 is 4.90 Å². The molecule has 0 aliphatic heterocycles. The molecule has 0 aliphatic rings. The summed E-state index contributed by atoms with van der Waals surface area (Å²) in [5, 5.41) is 1.50. The molecule has 0 amide bonds. The van der Waals surface area contributed by atoms with Crippen LogP contribution in [0.4, 0.5) is 0 Å². The van der Waals surface area contributed by atoms with Gasteiger partial charge in [0.25, 0.3) is 0 Å². The molecule has 0 saturated carbocycles. The standard InChI is InChI=1S/C13H19Cl2N/c1-16(2)9-5-3-4-6-11-7-8-12(14)10-13(11)15/h7-8,10H,3-6,9H2,1-2H3. The highest BCUT2D eigenvalue weighted by molar-refractivity contribution is 6.35.